The van der Waals surface area contributed by atoms with Gasteiger partial charge in [-0.1, -0.05) is 45.8 Å². The van der Waals surface area contributed by atoms with Crippen molar-refractivity contribution < 1.29 is 0 Å². The largest absolute Gasteiger partial charge is 0.352 e. The molecule has 0 N–H and O–H groups in total. The maximum Gasteiger partial charge on any atom is 0.352 e. The van der Waals surface area contributed by atoms with Crippen molar-refractivity contribution in [1.29, 1.82) is 10.5 Å². The summed E-state index contributed by atoms with van der Waals surface area (Å²) in [5.41, 5.74) is 3.41. The van der Waals surface area contributed by atoms with Gasteiger partial charge in [0.1, 0.15) is 12.1 Å². The fourth-order valence-corrected chi connectivity index (χ4v) is 5.11. The number of aliphatic imine (C=N–C) groups is 2. The highest BCUT2D eigenvalue weighted by Crippen LogP contribution is 2.42. The molecule has 0 fully saturated rings. The first-order valence-corrected chi connectivity index (χ1v) is 9.98. The van der Waals surface area contributed by atoms with E-state index in [-0.39, 0.29) is 11.7 Å². The number of aromatic nitrogens is 2. The van der Waals surface area contributed by atoms with E-state index < -0.39 is 0 Å². The number of benzene rings is 2. The molecule has 30 heavy (non-hydrogen) atoms. The number of thiazole rings is 2. The SMILES string of the molecule is [C-]#[N+]C(C#N)=Nc1nc2c(C)cc3c(cc(C)c4nc(N=C(C#N)[N+]#[C-])sc43)c2s1. The lowest BCUT2D eigenvalue weighted by molar-refractivity contribution is 1.37. The Bertz CT molecular complexity index is 1450. The van der Waals surface area contributed by atoms with Crippen LogP contribution in [0.2, 0.25) is 0 Å². The zero-order valence-corrected chi connectivity index (χ0v) is 17.2. The topological polar surface area (TPSA) is 107 Å². The molecule has 140 valence electrons. The first-order chi connectivity index (χ1) is 14.5. The predicted molar refractivity (Wildman–Crippen MR) is 118 cm³/mol. The molecule has 0 aliphatic rings. The Morgan fingerprint density at radius 1 is 0.867 bits per heavy atom. The van der Waals surface area contributed by atoms with E-state index in [4.69, 9.17) is 23.7 Å². The van der Waals surface area contributed by atoms with Crippen LogP contribution in [0.5, 0.6) is 0 Å². The second-order valence-corrected chi connectivity index (χ2v) is 8.10. The fraction of sp³-hybridized carbons (Fsp3) is 0.100. The van der Waals surface area contributed by atoms with E-state index in [0.29, 0.717) is 10.3 Å². The van der Waals surface area contributed by atoms with Gasteiger partial charge in [-0.3, -0.25) is 0 Å². The van der Waals surface area contributed by atoms with Crippen LogP contribution in [0, 0.1) is 49.7 Å². The van der Waals surface area contributed by atoms with Crippen molar-refractivity contribution in [2.24, 2.45) is 9.98 Å². The third-order valence-electron chi connectivity index (χ3n) is 4.29. The van der Waals surface area contributed by atoms with Crippen LogP contribution < -0.4 is 0 Å². The average molecular weight is 424 g/mol. The van der Waals surface area contributed by atoms with Crippen LogP contribution in [0.15, 0.2) is 22.1 Å². The number of hydrogen-bond donors (Lipinski definition) is 0. The molecule has 0 aliphatic heterocycles. The summed E-state index contributed by atoms with van der Waals surface area (Å²) in [7, 11) is 0. The van der Waals surface area contributed by atoms with Crippen LogP contribution in [0.25, 0.3) is 40.9 Å². The van der Waals surface area contributed by atoms with Crippen molar-refractivity contribution in [3.8, 4) is 12.1 Å². The van der Waals surface area contributed by atoms with Gasteiger partial charge in [0.05, 0.1) is 20.4 Å². The zero-order chi connectivity index (χ0) is 21.4. The van der Waals surface area contributed by atoms with E-state index in [0.717, 1.165) is 42.3 Å². The quantitative estimate of drug-likeness (QED) is 0.236. The monoisotopic (exact) mass is 424 g/mol. The number of nitriles is 2. The fourth-order valence-electron chi connectivity index (χ4n) is 3.05. The molecule has 2 aromatic carbocycles. The Hall–Kier alpha value is -4.22. The van der Waals surface area contributed by atoms with Crippen LogP contribution in [-0.2, 0) is 0 Å². The minimum Gasteiger partial charge on any atom is -0.351 e. The van der Waals surface area contributed by atoms with E-state index >= 15 is 0 Å². The zero-order valence-electron chi connectivity index (χ0n) is 15.5. The molecule has 2 heterocycles. The Morgan fingerprint density at radius 2 is 1.27 bits per heavy atom. The maximum atomic E-state index is 8.97. The van der Waals surface area contributed by atoms with Crippen molar-refractivity contribution in [3.63, 3.8) is 0 Å². The molecule has 0 spiro atoms. The summed E-state index contributed by atoms with van der Waals surface area (Å²) >= 11 is 2.65. The summed E-state index contributed by atoms with van der Waals surface area (Å²) < 4.78 is 1.82. The summed E-state index contributed by atoms with van der Waals surface area (Å²) in [6.45, 7) is 17.9. The number of rotatable bonds is 2. The van der Waals surface area contributed by atoms with Gasteiger partial charge in [0, 0.05) is 10.8 Å². The van der Waals surface area contributed by atoms with Gasteiger partial charge in [0.15, 0.2) is 0 Å². The van der Waals surface area contributed by atoms with Crippen molar-refractivity contribution >= 4 is 75.8 Å². The second kappa shape index (κ2) is 7.31. The molecule has 2 aromatic heterocycles. The lowest BCUT2D eigenvalue weighted by Gasteiger charge is -2.05. The van der Waals surface area contributed by atoms with E-state index in [1.807, 2.05) is 26.0 Å². The van der Waals surface area contributed by atoms with Gasteiger partial charge in [0.25, 0.3) is 0 Å². The van der Waals surface area contributed by atoms with Gasteiger partial charge in [0.2, 0.25) is 0 Å². The van der Waals surface area contributed by atoms with Crippen molar-refractivity contribution in [2.45, 2.75) is 13.8 Å². The highest BCUT2D eigenvalue weighted by molar-refractivity contribution is 7.24. The molecule has 0 aliphatic carbocycles. The summed E-state index contributed by atoms with van der Waals surface area (Å²) in [5.74, 6) is -0.514. The van der Waals surface area contributed by atoms with Crippen LogP contribution in [0.1, 0.15) is 11.1 Å². The van der Waals surface area contributed by atoms with Crippen LogP contribution >= 0.6 is 22.7 Å². The lowest BCUT2D eigenvalue weighted by Crippen LogP contribution is -1.84. The molecule has 8 nitrogen and oxygen atoms in total. The molecule has 0 unspecified atom stereocenters. The summed E-state index contributed by atoms with van der Waals surface area (Å²) in [5, 5.41) is 20.6. The normalized spacial score (nSPS) is 11.9. The molecule has 4 rings (SSSR count). The number of amidine groups is 2. The number of aryl methyl sites for hydroxylation is 2. The van der Waals surface area contributed by atoms with E-state index in [2.05, 4.69) is 29.6 Å². The van der Waals surface area contributed by atoms with Gasteiger partial charge in [-0.2, -0.15) is 9.97 Å². The molecule has 4 aromatic rings. The van der Waals surface area contributed by atoms with E-state index in [9.17, 15) is 0 Å². The van der Waals surface area contributed by atoms with Gasteiger partial charge in [-0.25, -0.2) is 10.5 Å². The maximum absolute atomic E-state index is 8.97. The summed E-state index contributed by atoms with van der Waals surface area (Å²) in [6, 6.07) is 7.54. The number of fused-ring (bicyclic) bond motifs is 5. The number of hydrogen-bond acceptors (Lipinski definition) is 8. The Kier molecular flexibility index (Phi) is 4.66. The van der Waals surface area contributed by atoms with E-state index in [1.54, 1.807) is 12.1 Å². The molecule has 0 atom stereocenters. The molecule has 0 amide bonds. The Morgan fingerprint density at radius 3 is 1.60 bits per heavy atom. The average Bonchev–Trinajstić information content (AvgIpc) is 3.36. The molecule has 10 heteroatoms. The highest BCUT2D eigenvalue weighted by Gasteiger charge is 2.18. The van der Waals surface area contributed by atoms with Gasteiger partial charge in [-0.15, -0.1) is 0 Å². The number of nitrogens with zero attached hydrogens (tertiary/aromatic N) is 8. The minimum atomic E-state index is -0.257. The Balaban J connectivity index is 2.05. The molecule has 0 saturated carbocycles. The Labute approximate surface area is 178 Å². The van der Waals surface area contributed by atoms with Gasteiger partial charge in [-0.05, 0) is 37.1 Å². The third kappa shape index (κ3) is 3.03. The first-order valence-electron chi connectivity index (χ1n) is 8.35. The standard InChI is InChI=1S/C20H8N8S2/c1-9-5-11-12(17-15(9)27-19(29-17)25-13(7-21)23-3)6-10(2)16-18(11)30-20(28-16)26-14(8-22)24-4/h5-6H,1-2H3. The molecule has 0 saturated heterocycles. The smallest absolute Gasteiger partial charge is 0.351 e. The van der Waals surface area contributed by atoms with Crippen molar-refractivity contribution in [1.82, 2.24) is 9.97 Å². The predicted octanol–water partition coefficient (Wildman–Crippen LogP) is 5.62. The van der Waals surface area contributed by atoms with Crippen molar-refractivity contribution in [2.75, 3.05) is 0 Å². The highest BCUT2D eigenvalue weighted by atomic mass is 32.1. The minimum absolute atomic E-state index is 0.257. The van der Waals surface area contributed by atoms with Gasteiger partial charge >= 0.3 is 21.9 Å². The van der Waals surface area contributed by atoms with Crippen molar-refractivity contribution in [3.05, 3.63) is 46.1 Å². The molecular weight excluding hydrogens is 416 g/mol. The first kappa shape index (κ1) is 19.1. The van der Waals surface area contributed by atoms with E-state index in [1.165, 1.54) is 22.7 Å². The third-order valence-corrected chi connectivity index (χ3v) is 6.26. The van der Waals surface area contributed by atoms with Crippen LogP contribution in [-0.4, -0.2) is 21.6 Å². The summed E-state index contributed by atoms with van der Waals surface area (Å²) in [4.78, 5) is 23.3. The molecule has 0 bridgehead atoms. The molecule has 0 radical (unpaired) electrons. The van der Waals surface area contributed by atoms with Gasteiger partial charge < -0.3 is 9.69 Å². The molecular formula is C20H8N8S2. The second-order valence-electron chi connectivity index (χ2n) is 6.15. The summed E-state index contributed by atoms with van der Waals surface area (Å²) in [6.07, 6.45) is 0. The van der Waals surface area contributed by atoms with Crippen LogP contribution in [0.4, 0.5) is 10.3 Å². The van der Waals surface area contributed by atoms with Crippen LogP contribution in [0.3, 0.4) is 0 Å². The lowest BCUT2D eigenvalue weighted by atomic mass is 10.0.